The molecule has 1 aromatic heterocycles. The Balaban J connectivity index is 2.04. The van der Waals surface area contributed by atoms with Crippen LogP contribution in [0, 0.1) is 0 Å². The van der Waals surface area contributed by atoms with Crippen LogP contribution in [0.5, 0.6) is 0 Å². The van der Waals surface area contributed by atoms with E-state index in [9.17, 15) is 9.59 Å². The highest BCUT2D eigenvalue weighted by Gasteiger charge is 2.05. The average molecular weight is 354 g/mol. The highest BCUT2D eigenvalue weighted by atomic mass is 16.5. The molecule has 26 heavy (non-hydrogen) atoms. The molecule has 1 heterocycles. The fourth-order valence-corrected chi connectivity index (χ4v) is 2.92. The summed E-state index contributed by atoms with van der Waals surface area (Å²) < 4.78 is 1.63. The Morgan fingerprint density at radius 1 is 1.27 bits per heavy atom. The molecule has 0 aliphatic carbocycles. The van der Waals surface area contributed by atoms with Crippen molar-refractivity contribution >= 4 is 12.0 Å². The first kappa shape index (κ1) is 19.7. The summed E-state index contributed by atoms with van der Waals surface area (Å²) in [7, 11) is 0. The number of amides is 1. The summed E-state index contributed by atoms with van der Waals surface area (Å²) in [6.45, 7) is 5.01. The van der Waals surface area contributed by atoms with Gasteiger partial charge in [0, 0.05) is 24.4 Å². The summed E-state index contributed by atoms with van der Waals surface area (Å²) in [6.07, 6.45) is 7.38. The zero-order chi connectivity index (χ0) is 18.9. The number of carbonyl (C=O) groups excluding carboxylic acids is 1. The Morgan fingerprint density at radius 2 is 2.00 bits per heavy atom. The van der Waals surface area contributed by atoms with E-state index in [2.05, 4.69) is 38.1 Å². The van der Waals surface area contributed by atoms with E-state index < -0.39 is 5.91 Å². The van der Waals surface area contributed by atoms with Crippen LogP contribution in [0.15, 0.2) is 53.5 Å². The molecule has 5 nitrogen and oxygen atoms in total. The molecule has 1 amide bonds. The lowest BCUT2D eigenvalue weighted by molar-refractivity contribution is -0.124. The van der Waals surface area contributed by atoms with Gasteiger partial charge < -0.3 is 4.57 Å². The van der Waals surface area contributed by atoms with Gasteiger partial charge in [0.2, 0.25) is 0 Å². The molecule has 0 aliphatic heterocycles. The predicted octanol–water partition coefficient (Wildman–Crippen LogP) is 3.51. The van der Waals surface area contributed by atoms with Gasteiger partial charge in [-0.15, -0.1) is 0 Å². The van der Waals surface area contributed by atoms with Gasteiger partial charge in [-0.25, -0.2) is 5.48 Å². The topological polar surface area (TPSA) is 71.3 Å². The van der Waals surface area contributed by atoms with E-state index in [0.29, 0.717) is 18.0 Å². The van der Waals surface area contributed by atoms with E-state index in [-0.39, 0.29) is 5.56 Å². The first-order valence-corrected chi connectivity index (χ1v) is 8.95. The third-order valence-electron chi connectivity index (χ3n) is 4.49. The summed E-state index contributed by atoms with van der Waals surface area (Å²) >= 11 is 0. The largest absolute Gasteiger partial charge is 0.315 e. The molecule has 2 N–H and O–H groups in total. The van der Waals surface area contributed by atoms with Crippen molar-refractivity contribution in [1.29, 1.82) is 0 Å². The Kier molecular flexibility index (Phi) is 7.36. The molecule has 0 spiro atoms. The van der Waals surface area contributed by atoms with Crippen molar-refractivity contribution in [3.8, 4) is 0 Å². The Bertz CT molecular complexity index is 807. The van der Waals surface area contributed by atoms with Crippen molar-refractivity contribution in [1.82, 2.24) is 10.0 Å². The second-order valence-electron chi connectivity index (χ2n) is 6.45. The zero-order valence-electron chi connectivity index (χ0n) is 15.3. The minimum absolute atomic E-state index is 0.164. The predicted molar refractivity (Wildman–Crippen MR) is 103 cm³/mol. The molecule has 5 heteroatoms. The second-order valence-corrected chi connectivity index (χ2v) is 6.45. The number of hydrogen-bond donors (Lipinski definition) is 2. The molecule has 0 fully saturated rings. The average Bonchev–Trinajstić information content (AvgIpc) is 2.66. The third kappa shape index (κ3) is 5.43. The van der Waals surface area contributed by atoms with Crippen LogP contribution in [-0.2, 0) is 17.8 Å². The van der Waals surface area contributed by atoms with Crippen molar-refractivity contribution in [2.75, 3.05) is 0 Å². The molecule has 0 radical (unpaired) electrons. The number of pyridine rings is 1. The lowest BCUT2D eigenvalue weighted by atomic mass is 9.95. The molecule has 0 saturated carbocycles. The fourth-order valence-electron chi connectivity index (χ4n) is 2.92. The highest BCUT2D eigenvalue weighted by Crippen LogP contribution is 2.20. The molecule has 0 saturated heterocycles. The number of carbonyl (C=O) groups is 1. The molecule has 0 aliphatic rings. The van der Waals surface area contributed by atoms with Crippen molar-refractivity contribution in [2.45, 2.75) is 45.6 Å². The number of hydrogen-bond acceptors (Lipinski definition) is 3. The summed E-state index contributed by atoms with van der Waals surface area (Å²) in [4.78, 5) is 23.5. The summed E-state index contributed by atoms with van der Waals surface area (Å²) in [5.74, 6) is -0.103. The number of aromatic nitrogens is 1. The van der Waals surface area contributed by atoms with Gasteiger partial charge >= 0.3 is 0 Å². The van der Waals surface area contributed by atoms with Gasteiger partial charge in [0.25, 0.3) is 11.5 Å². The van der Waals surface area contributed by atoms with Crippen molar-refractivity contribution in [3.63, 3.8) is 0 Å². The van der Waals surface area contributed by atoms with Gasteiger partial charge in [-0.3, -0.25) is 14.8 Å². The van der Waals surface area contributed by atoms with Gasteiger partial charge in [0.1, 0.15) is 0 Å². The molecular formula is C21H26N2O3. The first-order chi connectivity index (χ1) is 12.5. The number of nitrogens with zero attached hydrogens (tertiary/aromatic N) is 1. The van der Waals surface area contributed by atoms with Gasteiger partial charge in [0.05, 0.1) is 0 Å². The highest BCUT2D eigenvalue weighted by molar-refractivity contribution is 5.90. The maximum atomic E-state index is 12.4. The molecule has 1 unspecified atom stereocenters. The van der Waals surface area contributed by atoms with Crippen molar-refractivity contribution < 1.29 is 10.0 Å². The minimum Gasteiger partial charge on any atom is -0.315 e. The van der Waals surface area contributed by atoms with Crippen LogP contribution in [0.1, 0.15) is 49.3 Å². The van der Waals surface area contributed by atoms with E-state index >= 15 is 0 Å². The molecule has 1 atom stereocenters. The van der Waals surface area contributed by atoms with Crippen LogP contribution in [0.3, 0.4) is 0 Å². The number of benzene rings is 1. The van der Waals surface area contributed by atoms with Crippen LogP contribution < -0.4 is 11.0 Å². The van der Waals surface area contributed by atoms with Gasteiger partial charge in [0.15, 0.2) is 0 Å². The smallest absolute Gasteiger partial charge is 0.267 e. The Morgan fingerprint density at radius 3 is 2.65 bits per heavy atom. The standard InChI is InChI=1S/C21H26N2O3/c1-3-5-16(2)18-9-7-17(8-10-18)13-15-23-14-4-6-19(21(23)25)11-12-20(24)22-26/h4,6-12,14,16,26H,3,5,13,15H2,1-2H3,(H,22,24)/b12-11+. The van der Waals surface area contributed by atoms with E-state index in [1.165, 1.54) is 35.5 Å². The number of aryl methyl sites for hydroxylation is 2. The van der Waals surface area contributed by atoms with Crippen LogP contribution in [0.25, 0.3) is 6.08 Å². The van der Waals surface area contributed by atoms with E-state index in [1.807, 2.05) is 0 Å². The van der Waals surface area contributed by atoms with Crippen LogP contribution in [0.4, 0.5) is 0 Å². The van der Waals surface area contributed by atoms with Gasteiger partial charge in [-0.2, -0.15) is 0 Å². The lowest BCUT2D eigenvalue weighted by Gasteiger charge is -2.12. The monoisotopic (exact) mass is 354 g/mol. The number of rotatable bonds is 8. The normalized spacial score (nSPS) is 12.3. The Hall–Kier alpha value is -2.66. The molecular weight excluding hydrogens is 328 g/mol. The van der Waals surface area contributed by atoms with E-state index in [4.69, 9.17) is 5.21 Å². The van der Waals surface area contributed by atoms with E-state index in [1.54, 1.807) is 22.9 Å². The summed E-state index contributed by atoms with van der Waals surface area (Å²) in [6, 6.07) is 12.0. The quantitative estimate of drug-likeness (QED) is 0.433. The first-order valence-electron chi connectivity index (χ1n) is 8.95. The van der Waals surface area contributed by atoms with Gasteiger partial charge in [-0.1, -0.05) is 44.5 Å². The molecule has 138 valence electrons. The maximum absolute atomic E-state index is 12.4. The molecule has 1 aromatic carbocycles. The van der Waals surface area contributed by atoms with Crippen LogP contribution in [0.2, 0.25) is 0 Å². The van der Waals surface area contributed by atoms with Crippen LogP contribution >= 0.6 is 0 Å². The molecule has 0 bridgehead atoms. The van der Waals surface area contributed by atoms with Crippen molar-refractivity contribution in [2.24, 2.45) is 0 Å². The number of hydroxylamine groups is 1. The number of nitrogens with one attached hydrogen (secondary N) is 1. The fraction of sp³-hybridized carbons (Fsp3) is 0.333. The summed E-state index contributed by atoms with van der Waals surface area (Å²) in [5.41, 5.74) is 4.27. The lowest BCUT2D eigenvalue weighted by Crippen LogP contribution is -2.22. The Labute approximate surface area is 153 Å². The van der Waals surface area contributed by atoms with Crippen LogP contribution in [-0.4, -0.2) is 15.7 Å². The zero-order valence-corrected chi connectivity index (χ0v) is 15.3. The van der Waals surface area contributed by atoms with Gasteiger partial charge in [-0.05, 0) is 48.1 Å². The van der Waals surface area contributed by atoms with E-state index in [0.717, 1.165) is 12.5 Å². The molecule has 2 aromatic rings. The second kappa shape index (κ2) is 9.73. The summed E-state index contributed by atoms with van der Waals surface area (Å²) in [5, 5.41) is 8.50. The third-order valence-corrected chi connectivity index (χ3v) is 4.49. The minimum atomic E-state index is -0.669. The SMILES string of the molecule is CCCC(C)c1ccc(CCn2cccc(/C=C/C(=O)NO)c2=O)cc1. The van der Waals surface area contributed by atoms with Crippen molar-refractivity contribution in [3.05, 3.63) is 75.7 Å². The molecule has 2 rings (SSSR count). The maximum Gasteiger partial charge on any atom is 0.267 e.